The van der Waals surface area contributed by atoms with Gasteiger partial charge in [-0.2, -0.15) is 0 Å². The van der Waals surface area contributed by atoms with E-state index in [0.717, 1.165) is 26.7 Å². The molecule has 0 unspecified atom stereocenters. The SMILES string of the molecule is Cc1cccc2nc(-c3ccc(Br)cc3N)oc12. The summed E-state index contributed by atoms with van der Waals surface area (Å²) in [4.78, 5) is 4.47. The molecule has 0 aliphatic carbocycles. The van der Waals surface area contributed by atoms with Crippen LogP contribution in [0.1, 0.15) is 5.56 Å². The van der Waals surface area contributed by atoms with E-state index in [9.17, 15) is 0 Å². The zero-order valence-corrected chi connectivity index (χ0v) is 11.4. The maximum atomic E-state index is 5.98. The van der Waals surface area contributed by atoms with Crippen LogP contribution in [0.4, 0.5) is 5.69 Å². The maximum Gasteiger partial charge on any atom is 0.229 e. The first-order valence-electron chi connectivity index (χ1n) is 5.57. The molecule has 0 radical (unpaired) electrons. The Bertz CT molecular complexity index is 734. The van der Waals surface area contributed by atoms with Crippen molar-refractivity contribution < 1.29 is 4.42 Å². The largest absolute Gasteiger partial charge is 0.436 e. The first kappa shape index (κ1) is 11.3. The molecule has 18 heavy (non-hydrogen) atoms. The van der Waals surface area contributed by atoms with Gasteiger partial charge >= 0.3 is 0 Å². The summed E-state index contributed by atoms with van der Waals surface area (Å²) in [5.41, 5.74) is 10.2. The van der Waals surface area contributed by atoms with E-state index >= 15 is 0 Å². The van der Waals surface area contributed by atoms with Crippen molar-refractivity contribution in [3.05, 3.63) is 46.4 Å². The third kappa shape index (κ3) is 1.78. The minimum Gasteiger partial charge on any atom is -0.436 e. The van der Waals surface area contributed by atoms with Gasteiger partial charge in [0.05, 0.1) is 5.56 Å². The van der Waals surface area contributed by atoms with Crippen LogP contribution in [0.15, 0.2) is 45.3 Å². The highest BCUT2D eigenvalue weighted by atomic mass is 79.9. The minimum atomic E-state index is 0.560. The maximum absolute atomic E-state index is 5.98. The van der Waals surface area contributed by atoms with Crippen molar-refractivity contribution in [1.82, 2.24) is 4.98 Å². The lowest BCUT2D eigenvalue weighted by molar-refractivity contribution is 0.617. The van der Waals surface area contributed by atoms with Gasteiger partial charge in [0.25, 0.3) is 0 Å². The molecule has 1 aromatic heterocycles. The number of nitrogen functional groups attached to an aromatic ring is 1. The number of anilines is 1. The second kappa shape index (κ2) is 4.14. The topological polar surface area (TPSA) is 52.0 Å². The van der Waals surface area contributed by atoms with E-state index in [2.05, 4.69) is 20.9 Å². The lowest BCUT2D eigenvalue weighted by Gasteiger charge is -2.01. The smallest absolute Gasteiger partial charge is 0.229 e. The average Bonchev–Trinajstić information content (AvgIpc) is 2.74. The highest BCUT2D eigenvalue weighted by Gasteiger charge is 2.12. The predicted octanol–water partition coefficient (Wildman–Crippen LogP) is 4.15. The first-order chi connectivity index (χ1) is 8.65. The second-order valence-corrected chi connectivity index (χ2v) is 5.09. The fraction of sp³-hybridized carbons (Fsp3) is 0.0714. The van der Waals surface area contributed by atoms with Crippen LogP contribution < -0.4 is 5.73 Å². The summed E-state index contributed by atoms with van der Waals surface area (Å²) in [6.45, 7) is 2.00. The number of nitrogens with zero attached hydrogens (tertiary/aromatic N) is 1. The zero-order chi connectivity index (χ0) is 12.7. The summed E-state index contributed by atoms with van der Waals surface area (Å²) in [6, 6.07) is 11.6. The van der Waals surface area contributed by atoms with Gasteiger partial charge in [-0.05, 0) is 36.8 Å². The van der Waals surface area contributed by atoms with Crippen molar-refractivity contribution in [1.29, 1.82) is 0 Å². The number of rotatable bonds is 1. The third-order valence-electron chi connectivity index (χ3n) is 2.86. The molecule has 0 aliphatic rings. The molecule has 0 fully saturated rings. The molecule has 0 saturated carbocycles. The molecule has 3 aromatic rings. The number of hydrogen-bond acceptors (Lipinski definition) is 3. The number of aromatic nitrogens is 1. The Morgan fingerprint density at radius 1 is 1.22 bits per heavy atom. The van der Waals surface area contributed by atoms with E-state index in [0.29, 0.717) is 11.6 Å². The zero-order valence-electron chi connectivity index (χ0n) is 9.77. The number of nitrogens with two attached hydrogens (primary N) is 1. The molecule has 2 N–H and O–H groups in total. The molecule has 0 bridgehead atoms. The van der Waals surface area contributed by atoms with E-state index in [1.165, 1.54) is 0 Å². The Balaban J connectivity index is 2.23. The molecule has 0 aliphatic heterocycles. The number of aryl methyl sites for hydroxylation is 1. The molecule has 90 valence electrons. The standard InChI is InChI=1S/C14H11BrN2O/c1-8-3-2-4-12-13(8)18-14(17-12)10-6-5-9(15)7-11(10)16/h2-7H,16H2,1H3. The predicted molar refractivity (Wildman–Crippen MR) is 76.3 cm³/mol. The Hall–Kier alpha value is -1.81. The summed E-state index contributed by atoms with van der Waals surface area (Å²) >= 11 is 3.38. The van der Waals surface area contributed by atoms with Crippen molar-refractivity contribution in [2.45, 2.75) is 6.92 Å². The Kier molecular flexibility index (Phi) is 2.59. The fourth-order valence-electron chi connectivity index (χ4n) is 1.93. The highest BCUT2D eigenvalue weighted by Crippen LogP contribution is 2.31. The van der Waals surface area contributed by atoms with Crippen LogP contribution >= 0.6 is 15.9 Å². The van der Waals surface area contributed by atoms with Gasteiger partial charge in [-0.25, -0.2) is 4.98 Å². The highest BCUT2D eigenvalue weighted by molar-refractivity contribution is 9.10. The fourth-order valence-corrected chi connectivity index (χ4v) is 2.31. The minimum absolute atomic E-state index is 0.560. The van der Waals surface area contributed by atoms with Gasteiger partial charge < -0.3 is 10.2 Å². The molecule has 0 saturated heterocycles. The van der Waals surface area contributed by atoms with Crippen LogP contribution in [-0.4, -0.2) is 4.98 Å². The lowest BCUT2D eigenvalue weighted by atomic mass is 10.2. The van der Waals surface area contributed by atoms with Crippen molar-refractivity contribution >= 4 is 32.7 Å². The van der Waals surface area contributed by atoms with Gasteiger partial charge in [0.1, 0.15) is 5.52 Å². The van der Waals surface area contributed by atoms with Gasteiger partial charge in [-0.15, -0.1) is 0 Å². The van der Waals surface area contributed by atoms with Crippen molar-refractivity contribution in [3.8, 4) is 11.5 Å². The number of halogens is 1. The monoisotopic (exact) mass is 302 g/mol. The molecule has 3 nitrogen and oxygen atoms in total. The summed E-state index contributed by atoms with van der Waals surface area (Å²) in [5.74, 6) is 0.560. The quantitative estimate of drug-likeness (QED) is 0.687. The van der Waals surface area contributed by atoms with Crippen molar-refractivity contribution in [2.75, 3.05) is 5.73 Å². The Morgan fingerprint density at radius 2 is 2.06 bits per heavy atom. The molecule has 2 aromatic carbocycles. The average molecular weight is 303 g/mol. The van der Waals surface area contributed by atoms with E-state index in [1.807, 2.05) is 43.3 Å². The summed E-state index contributed by atoms with van der Waals surface area (Å²) < 4.78 is 6.74. The molecule has 3 rings (SSSR count). The normalized spacial score (nSPS) is 11.0. The van der Waals surface area contributed by atoms with E-state index < -0.39 is 0 Å². The van der Waals surface area contributed by atoms with Crippen LogP contribution in [0, 0.1) is 6.92 Å². The van der Waals surface area contributed by atoms with Gasteiger partial charge in [-0.3, -0.25) is 0 Å². The van der Waals surface area contributed by atoms with Crippen molar-refractivity contribution in [3.63, 3.8) is 0 Å². The van der Waals surface area contributed by atoms with Crippen LogP contribution in [0.5, 0.6) is 0 Å². The van der Waals surface area contributed by atoms with E-state index in [1.54, 1.807) is 0 Å². The summed E-state index contributed by atoms with van der Waals surface area (Å²) in [5, 5.41) is 0. The lowest BCUT2D eigenvalue weighted by Crippen LogP contribution is -1.89. The molecule has 0 spiro atoms. The number of hydrogen-bond donors (Lipinski definition) is 1. The summed E-state index contributed by atoms with van der Waals surface area (Å²) in [6.07, 6.45) is 0. The van der Waals surface area contributed by atoms with E-state index in [-0.39, 0.29) is 0 Å². The van der Waals surface area contributed by atoms with Crippen LogP contribution in [-0.2, 0) is 0 Å². The van der Waals surface area contributed by atoms with Crippen LogP contribution in [0.2, 0.25) is 0 Å². The molecular weight excluding hydrogens is 292 g/mol. The van der Waals surface area contributed by atoms with Gasteiger partial charge in [-0.1, -0.05) is 28.1 Å². The van der Waals surface area contributed by atoms with Gasteiger partial charge in [0.15, 0.2) is 5.58 Å². The number of oxazole rings is 1. The van der Waals surface area contributed by atoms with Crippen molar-refractivity contribution in [2.24, 2.45) is 0 Å². The Labute approximate surface area is 113 Å². The molecule has 1 heterocycles. The molecular formula is C14H11BrN2O. The van der Waals surface area contributed by atoms with Crippen LogP contribution in [0.3, 0.4) is 0 Å². The van der Waals surface area contributed by atoms with Gasteiger partial charge in [0.2, 0.25) is 5.89 Å². The first-order valence-corrected chi connectivity index (χ1v) is 6.36. The molecule has 4 heteroatoms. The number of para-hydroxylation sites is 1. The van der Waals surface area contributed by atoms with E-state index in [4.69, 9.17) is 10.2 Å². The Morgan fingerprint density at radius 3 is 2.78 bits per heavy atom. The number of benzene rings is 2. The molecule has 0 atom stereocenters. The van der Waals surface area contributed by atoms with Gasteiger partial charge in [0, 0.05) is 10.2 Å². The molecule has 0 amide bonds. The third-order valence-corrected chi connectivity index (χ3v) is 3.35. The van der Waals surface area contributed by atoms with Crippen LogP contribution in [0.25, 0.3) is 22.6 Å². The second-order valence-electron chi connectivity index (χ2n) is 4.17. The number of fused-ring (bicyclic) bond motifs is 1. The summed E-state index contributed by atoms with van der Waals surface area (Å²) in [7, 11) is 0.